The zero-order valence-corrected chi connectivity index (χ0v) is 10.9. The van der Waals surface area contributed by atoms with E-state index in [4.69, 9.17) is 11.6 Å². The van der Waals surface area contributed by atoms with Crippen LogP contribution in [0.1, 0.15) is 34.5 Å². The molecule has 1 amide bonds. The van der Waals surface area contributed by atoms with Crippen molar-refractivity contribution >= 4 is 34.1 Å². The first kappa shape index (κ1) is 11.1. The molecule has 1 aliphatic heterocycles. The van der Waals surface area contributed by atoms with Gasteiger partial charge in [0.2, 0.25) is 0 Å². The summed E-state index contributed by atoms with van der Waals surface area (Å²) in [6, 6.07) is 3.43. The Hall–Kier alpha value is -1.81. The number of nitrogens with zero attached hydrogens (tertiary/aromatic N) is 3. The fraction of sp³-hybridized carbons (Fsp3) is 0.286. The number of carbonyl (C=O) groups is 1. The molecule has 1 aromatic carbocycles. The zero-order chi connectivity index (χ0) is 13.0. The Balaban J connectivity index is 2.21. The van der Waals surface area contributed by atoms with E-state index in [1.807, 2.05) is 0 Å². The van der Waals surface area contributed by atoms with Gasteiger partial charge in [-0.05, 0) is 37.8 Å². The lowest BCUT2D eigenvalue weighted by Gasteiger charge is -2.20. The molecular weight excluding hydrogens is 262 g/mol. The van der Waals surface area contributed by atoms with Crippen molar-refractivity contribution in [1.82, 2.24) is 4.98 Å². The van der Waals surface area contributed by atoms with Gasteiger partial charge in [-0.25, -0.2) is 0 Å². The number of amides is 1. The van der Waals surface area contributed by atoms with Crippen LogP contribution in [0.4, 0.5) is 5.69 Å². The smallest absolute Gasteiger partial charge is 0.265 e. The fourth-order valence-corrected chi connectivity index (χ4v) is 3.11. The first-order chi connectivity index (χ1) is 9.25. The normalized spacial score (nSPS) is 16.8. The molecule has 1 aliphatic carbocycles. The van der Waals surface area contributed by atoms with Crippen molar-refractivity contribution < 1.29 is 4.79 Å². The summed E-state index contributed by atoms with van der Waals surface area (Å²) < 4.78 is 0. The molecule has 2 aliphatic rings. The minimum absolute atomic E-state index is 0.313. The van der Waals surface area contributed by atoms with Gasteiger partial charge in [0.1, 0.15) is 5.69 Å². The number of benzene rings is 1. The maximum Gasteiger partial charge on any atom is 0.296 e. The summed E-state index contributed by atoms with van der Waals surface area (Å²) in [4.78, 5) is 16.5. The molecule has 0 saturated heterocycles. The van der Waals surface area contributed by atoms with Gasteiger partial charge in [0.05, 0.1) is 16.1 Å². The van der Waals surface area contributed by atoms with Gasteiger partial charge in [-0.15, -0.1) is 10.2 Å². The molecule has 0 bridgehead atoms. The Bertz CT molecular complexity index is 767. The summed E-state index contributed by atoms with van der Waals surface area (Å²) in [5, 5.41) is 9.21. The minimum Gasteiger partial charge on any atom is -0.265 e. The molecule has 94 valence electrons. The second-order valence-corrected chi connectivity index (χ2v) is 5.32. The standard InChI is InChI=1S/C14H10ClN3O/c15-9-6-5-8-11-12(17-18-14(8)19)7-3-1-2-4-10(7)16-13(9)11/h5-6H,1-4H2. The minimum atomic E-state index is -0.313. The van der Waals surface area contributed by atoms with Gasteiger partial charge < -0.3 is 0 Å². The van der Waals surface area contributed by atoms with Crippen LogP contribution in [-0.4, -0.2) is 10.9 Å². The van der Waals surface area contributed by atoms with Crippen LogP contribution in [0.5, 0.6) is 0 Å². The van der Waals surface area contributed by atoms with Gasteiger partial charge in [-0.3, -0.25) is 9.78 Å². The van der Waals surface area contributed by atoms with Gasteiger partial charge in [0, 0.05) is 16.6 Å². The van der Waals surface area contributed by atoms with E-state index in [2.05, 4.69) is 15.2 Å². The number of halogens is 1. The Morgan fingerprint density at radius 3 is 2.84 bits per heavy atom. The lowest BCUT2D eigenvalue weighted by Crippen LogP contribution is -2.09. The first-order valence-electron chi connectivity index (χ1n) is 6.36. The van der Waals surface area contributed by atoms with Crippen LogP contribution in [0, 0.1) is 0 Å². The third kappa shape index (κ3) is 1.46. The molecule has 2 aromatic rings. The molecule has 0 radical (unpaired) electrons. The summed E-state index contributed by atoms with van der Waals surface area (Å²) in [7, 11) is 0. The quantitative estimate of drug-likeness (QED) is 0.727. The highest BCUT2D eigenvalue weighted by Gasteiger charge is 2.25. The van der Waals surface area contributed by atoms with E-state index in [0.717, 1.165) is 48.0 Å². The number of fused-ring (bicyclic) bond motifs is 2. The van der Waals surface area contributed by atoms with Crippen LogP contribution in [0.3, 0.4) is 0 Å². The van der Waals surface area contributed by atoms with Crippen molar-refractivity contribution in [2.75, 3.05) is 0 Å². The molecule has 0 saturated carbocycles. The van der Waals surface area contributed by atoms with Crippen molar-refractivity contribution in [2.45, 2.75) is 25.7 Å². The van der Waals surface area contributed by atoms with Crippen LogP contribution in [0.25, 0.3) is 10.9 Å². The fourth-order valence-electron chi connectivity index (χ4n) is 2.91. The predicted octanol–water partition coefficient (Wildman–Crippen LogP) is 4.00. The Morgan fingerprint density at radius 2 is 1.95 bits per heavy atom. The summed E-state index contributed by atoms with van der Waals surface area (Å²) in [5.74, 6) is -0.313. The maximum absolute atomic E-state index is 11.8. The molecule has 5 heteroatoms. The Labute approximate surface area is 114 Å². The van der Waals surface area contributed by atoms with E-state index >= 15 is 0 Å². The summed E-state index contributed by atoms with van der Waals surface area (Å²) in [6.07, 6.45) is 4.17. The lowest BCUT2D eigenvalue weighted by molar-refractivity contribution is 0.0995. The van der Waals surface area contributed by atoms with Crippen molar-refractivity contribution in [1.29, 1.82) is 0 Å². The Morgan fingerprint density at radius 1 is 1.11 bits per heavy atom. The molecule has 4 rings (SSSR count). The summed E-state index contributed by atoms with van der Waals surface area (Å²) >= 11 is 6.23. The number of carbonyl (C=O) groups excluding carboxylic acids is 1. The van der Waals surface area contributed by atoms with Crippen LogP contribution >= 0.6 is 11.6 Å². The highest BCUT2D eigenvalue weighted by molar-refractivity contribution is 6.36. The third-order valence-corrected chi connectivity index (χ3v) is 4.11. The molecule has 0 atom stereocenters. The van der Waals surface area contributed by atoms with Crippen molar-refractivity contribution in [3.63, 3.8) is 0 Å². The average Bonchev–Trinajstić information content (AvgIpc) is 2.44. The second kappa shape index (κ2) is 3.84. The predicted molar refractivity (Wildman–Crippen MR) is 72.2 cm³/mol. The summed E-state index contributed by atoms with van der Waals surface area (Å²) in [6.45, 7) is 0. The number of rotatable bonds is 0. The lowest BCUT2D eigenvalue weighted by atomic mass is 9.91. The number of hydrogen-bond donors (Lipinski definition) is 0. The van der Waals surface area contributed by atoms with Crippen molar-refractivity contribution in [2.24, 2.45) is 10.2 Å². The van der Waals surface area contributed by atoms with Gasteiger partial charge in [0.25, 0.3) is 5.91 Å². The van der Waals surface area contributed by atoms with Crippen LogP contribution in [0.2, 0.25) is 5.02 Å². The summed E-state index contributed by atoms with van der Waals surface area (Å²) in [5.41, 5.74) is 4.24. The largest absolute Gasteiger partial charge is 0.296 e. The zero-order valence-electron chi connectivity index (χ0n) is 10.1. The number of pyridine rings is 1. The van der Waals surface area contributed by atoms with E-state index in [1.54, 1.807) is 12.1 Å². The van der Waals surface area contributed by atoms with E-state index in [9.17, 15) is 4.79 Å². The molecule has 19 heavy (non-hydrogen) atoms. The molecular formula is C14H10ClN3O. The first-order valence-corrected chi connectivity index (χ1v) is 6.73. The number of aryl methyl sites for hydroxylation is 1. The topological polar surface area (TPSA) is 54.7 Å². The highest BCUT2D eigenvalue weighted by atomic mass is 35.5. The number of azo groups is 1. The van der Waals surface area contributed by atoms with Crippen molar-refractivity contribution in [3.8, 4) is 0 Å². The second-order valence-electron chi connectivity index (χ2n) is 4.92. The molecule has 2 heterocycles. The van der Waals surface area contributed by atoms with E-state index < -0.39 is 0 Å². The molecule has 0 fully saturated rings. The van der Waals surface area contributed by atoms with E-state index in [0.29, 0.717) is 16.1 Å². The van der Waals surface area contributed by atoms with Crippen LogP contribution < -0.4 is 0 Å². The molecule has 0 unspecified atom stereocenters. The molecule has 0 spiro atoms. The van der Waals surface area contributed by atoms with Gasteiger partial charge >= 0.3 is 0 Å². The average molecular weight is 272 g/mol. The van der Waals surface area contributed by atoms with Crippen molar-refractivity contribution in [3.05, 3.63) is 34.0 Å². The number of aromatic nitrogens is 1. The highest BCUT2D eigenvalue weighted by Crippen LogP contribution is 2.41. The molecule has 4 nitrogen and oxygen atoms in total. The van der Waals surface area contributed by atoms with E-state index in [1.165, 1.54) is 0 Å². The molecule has 0 N–H and O–H groups in total. The van der Waals surface area contributed by atoms with Gasteiger partial charge in [-0.2, -0.15) is 0 Å². The molecule has 1 aromatic heterocycles. The maximum atomic E-state index is 11.8. The monoisotopic (exact) mass is 271 g/mol. The Kier molecular flexibility index (Phi) is 2.23. The SMILES string of the molecule is O=C1N=Nc2c3c(nc4c(Cl)ccc1c24)CCCC3. The van der Waals surface area contributed by atoms with E-state index in [-0.39, 0.29) is 5.91 Å². The van der Waals surface area contributed by atoms with Crippen LogP contribution in [0.15, 0.2) is 22.4 Å². The third-order valence-electron chi connectivity index (χ3n) is 3.81. The van der Waals surface area contributed by atoms with Gasteiger partial charge in [0.15, 0.2) is 0 Å². The van der Waals surface area contributed by atoms with Gasteiger partial charge in [-0.1, -0.05) is 11.6 Å². The number of hydrogen-bond acceptors (Lipinski definition) is 3. The van der Waals surface area contributed by atoms with Crippen LogP contribution in [-0.2, 0) is 12.8 Å².